The summed E-state index contributed by atoms with van der Waals surface area (Å²) in [5, 5.41) is 29.3. The summed E-state index contributed by atoms with van der Waals surface area (Å²) in [5.74, 6) is -1.10. The quantitative estimate of drug-likeness (QED) is 0.523. The SMILES string of the molecule is CCC(C)OC1OC(COCC(=O)O)C(OC(C)CC)C(O)C1O. The maximum Gasteiger partial charge on any atom is 0.329 e. The third kappa shape index (κ3) is 6.27. The Morgan fingerprint density at radius 3 is 2.21 bits per heavy atom. The van der Waals surface area contributed by atoms with Crippen LogP contribution < -0.4 is 0 Å². The minimum atomic E-state index is -1.26. The Hall–Kier alpha value is -0.770. The number of carbonyl (C=O) groups is 1. The molecule has 0 aromatic carbocycles. The van der Waals surface area contributed by atoms with Crippen LogP contribution in [0, 0.1) is 0 Å². The minimum Gasteiger partial charge on any atom is -0.480 e. The van der Waals surface area contributed by atoms with Crippen LogP contribution in [0.2, 0.25) is 0 Å². The van der Waals surface area contributed by atoms with E-state index in [2.05, 4.69) is 0 Å². The molecule has 1 saturated heterocycles. The van der Waals surface area contributed by atoms with E-state index in [9.17, 15) is 15.0 Å². The van der Waals surface area contributed by atoms with Gasteiger partial charge in [-0.25, -0.2) is 4.79 Å². The monoisotopic (exact) mass is 350 g/mol. The standard InChI is InChI=1S/C16H30O8/c1-5-9(3)22-15-11(7-21-8-12(17)18)24-16(14(20)13(15)19)23-10(4)6-2/h9-11,13-16,19-20H,5-8H2,1-4H3,(H,17,18). The number of hydrogen-bond donors (Lipinski definition) is 3. The van der Waals surface area contributed by atoms with Crippen molar-refractivity contribution in [2.45, 2.75) is 83.5 Å². The van der Waals surface area contributed by atoms with Crippen molar-refractivity contribution in [2.75, 3.05) is 13.2 Å². The van der Waals surface area contributed by atoms with Gasteiger partial charge in [0.1, 0.15) is 31.0 Å². The molecular weight excluding hydrogens is 320 g/mol. The van der Waals surface area contributed by atoms with E-state index in [1.807, 2.05) is 27.7 Å². The fraction of sp³-hybridized carbons (Fsp3) is 0.938. The Bertz CT molecular complexity index is 377. The third-order valence-electron chi connectivity index (χ3n) is 4.05. The number of carboxylic acid groups (broad SMARTS) is 1. The zero-order chi connectivity index (χ0) is 18.3. The molecule has 7 unspecified atom stereocenters. The highest BCUT2D eigenvalue weighted by Gasteiger charge is 2.46. The average molecular weight is 350 g/mol. The van der Waals surface area contributed by atoms with E-state index < -0.39 is 43.3 Å². The third-order valence-corrected chi connectivity index (χ3v) is 4.05. The Morgan fingerprint density at radius 2 is 1.67 bits per heavy atom. The molecule has 1 heterocycles. The van der Waals surface area contributed by atoms with Gasteiger partial charge in [0, 0.05) is 0 Å². The molecule has 24 heavy (non-hydrogen) atoms. The van der Waals surface area contributed by atoms with E-state index in [1.165, 1.54) is 0 Å². The van der Waals surface area contributed by atoms with Crippen LogP contribution in [0.4, 0.5) is 0 Å². The fourth-order valence-electron chi connectivity index (χ4n) is 2.27. The maximum atomic E-state index is 10.6. The number of aliphatic hydroxyl groups is 2. The van der Waals surface area contributed by atoms with Crippen LogP contribution in [0.25, 0.3) is 0 Å². The lowest BCUT2D eigenvalue weighted by molar-refractivity contribution is -0.321. The number of ether oxygens (including phenoxy) is 4. The molecule has 0 spiro atoms. The van der Waals surface area contributed by atoms with Gasteiger partial charge in [0.15, 0.2) is 6.29 Å². The van der Waals surface area contributed by atoms with Gasteiger partial charge in [-0.2, -0.15) is 0 Å². The molecule has 0 aromatic rings. The molecule has 0 radical (unpaired) electrons. The topological polar surface area (TPSA) is 115 Å². The van der Waals surface area contributed by atoms with Crippen molar-refractivity contribution in [3.05, 3.63) is 0 Å². The van der Waals surface area contributed by atoms with Gasteiger partial charge in [-0.3, -0.25) is 0 Å². The number of aliphatic carboxylic acids is 1. The van der Waals surface area contributed by atoms with E-state index in [4.69, 9.17) is 24.1 Å². The zero-order valence-corrected chi connectivity index (χ0v) is 14.8. The predicted octanol–water partition coefficient (Wildman–Crippen LogP) is 0.533. The smallest absolute Gasteiger partial charge is 0.329 e. The van der Waals surface area contributed by atoms with Gasteiger partial charge in [0.05, 0.1) is 18.8 Å². The molecule has 1 aliphatic rings. The molecular formula is C16H30O8. The zero-order valence-electron chi connectivity index (χ0n) is 14.8. The van der Waals surface area contributed by atoms with Gasteiger partial charge in [-0.05, 0) is 26.7 Å². The summed E-state index contributed by atoms with van der Waals surface area (Å²) < 4.78 is 22.2. The normalized spacial score (nSPS) is 33.2. The molecule has 0 amide bonds. The van der Waals surface area contributed by atoms with E-state index in [0.717, 1.165) is 12.8 Å². The van der Waals surface area contributed by atoms with Gasteiger partial charge in [0.2, 0.25) is 0 Å². The molecule has 8 nitrogen and oxygen atoms in total. The van der Waals surface area contributed by atoms with Crippen LogP contribution in [0.1, 0.15) is 40.5 Å². The number of carboxylic acids is 1. The molecule has 1 rings (SSSR count). The lowest BCUT2D eigenvalue weighted by Crippen LogP contribution is -2.61. The van der Waals surface area contributed by atoms with Crippen molar-refractivity contribution in [1.82, 2.24) is 0 Å². The van der Waals surface area contributed by atoms with Crippen LogP contribution in [-0.4, -0.2) is 77.4 Å². The largest absolute Gasteiger partial charge is 0.480 e. The first-order valence-electron chi connectivity index (χ1n) is 8.42. The molecule has 0 saturated carbocycles. The van der Waals surface area contributed by atoms with Crippen molar-refractivity contribution in [2.24, 2.45) is 0 Å². The molecule has 8 heteroatoms. The number of hydrogen-bond acceptors (Lipinski definition) is 7. The second-order valence-corrected chi connectivity index (χ2v) is 6.11. The first kappa shape index (κ1) is 21.3. The molecule has 0 bridgehead atoms. The Labute approximate surface area is 142 Å². The fourth-order valence-corrected chi connectivity index (χ4v) is 2.27. The summed E-state index contributed by atoms with van der Waals surface area (Å²) in [6.07, 6.45) is -3.97. The second kappa shape index (κ2) is 10.3. The highest BCUT2D eigenvalue weighted by atomic mass is 16.7. The van der Waals surface area contributed by atoms with Crippen molar-refractivity contribution < 1.29 is 39.1 Å². The Balaban J connectivity index is 2.80. The van der Waals surface area contributed by atoms with E-state index in [0.29, 0.717) is 0 Å². The Morgan fingerprint density at radius 1 is 1.08 bits per heavy atom. The van der Waals surface area contributed by atoms with Gasteiger partial charge in [0.25, 0.3) is 0 Å². The summed E-state index contributed by atoms with van der Waals surface area (Å²) >= 11 is 0. The highest BCUT2D eigenvalue weighted by Crippen LogP contribution is 2.27. The van der Waals surface area contributed by atoms with Crippen molar-refractivity contribution in [3.63, 3.8) is 0 Å². The van der Waals surface area contributed by atoms with Crippen molar-refractivity contribution >= 4 is 5.97 Å². The highest BCUT2D eigenvalue weighted by molar-refractivity contribution is 5.67. The van der Waals surface area contributed by atoms with Crippen molar-refractivity contribution in [3.8, 4) is 0 Å². The van der Waals surface area contributed by atoms with Gasteiger partial charge in [-0.1, -0.05) is 13.8 Å². The van der Waals surface area contributed by atoms with Crippen LogP contribution >= 0.6 is 0 Å². The molecule has 1 fully saturated rings. The van der Waals surface area contributed by atoms with E-state index >= 15 is 0 Å². The van der Waals surface area contributed by atoms with E-state index in [1.54, 1.807) is 0 Å². The summed E-state index contributed by atoms with van der Waals surface area (Å²) in [4.78, 5) is 10.6. The summed E-state index contributed by atoms with van der Waals surface area (Å²) in [6.45, 7) is 6.97. The summed E-state index contributed by atoms with van der Waals surface area (Å²) in [5.41, 5.74) is 0. The van der Waals surface area contributed by atoms with Gasteiger partial charge < -0.3 is 34.3 Å². The molecule has 0 aliphatic carbocycles. The molecule has 7 atom stereocenters. The lowest BCUT2D eigenvalue weighted by Gasteiger charge is -2.43. The summed E-state index contributed by atoms with van der Waals surface area (Å²) in [6, 6.07) is 0. The molecule has 142 valence electrons. The van der Waals surface area contributed by atoms with E-state index in [-0.39, 0.29) is 18.8 Å². The lowest BCUT2D eigenvalue weighted by atomic mass is 9.98. The first-order valence-corrected chi connectivity index (χ1v) is 8.42. The van der Waals surface area contributed by atoms with Crippen LogP contribution in [0.5, 0.6) is 0 Å². The number of aliphatic hydroxyl groups excluding tert-OH is 2. The van der Waals surface area contributed by atoms with Gasteiger partial charge >= 0.3 is 5.97 Å². The Kier molecular flexibility index (Phi) is 9.11. The minimum absolute atomic E-state index is 0.0858. The maximum absolute atomic E-state index is 10.6. The second-order valence-electron chi connectivity index (χ2n) is 6.11. The number of rotatable bonds is 10. The van der Waals surface area contributed by atoms with Crippen molar-refractivity contribution in [1.29, 1.82) is 0 Å². The van der Waals surface area contributed by atoms with Crippen LogP contribution in [-0.2, 0) is 23.7 Å². The molecule has 3 N–H and O–H groups in total. The van der Waals surface area contributed by atoms with Crippen LogP contribution in [0.15, 0.2) is 0 Å². The first-order chi connectivity index (χ1) is 11.3. The van der Waals surface area contributed by atoms with Crippen LogP contribution in [0.3, 0.4) is 0 Å². The average Bonchev–Trinajstić information content (AvgIpc) is 2.54. The summed E-state index contributed by atoms with van der Waals surface area (Å²) in [7, 11) is 0. The molecule has 1 aliphatic heterocycles. The molecule has 0 aromatic heterocycles. The van der Waals surface area contributed by atoms with Gasteiger partial charge in [-0.15, -0.1) is 0 Å². The predicted molar refractivity (Wildman–Crippen MR) is 84.6 cm³/mol.